The van der Waals surface area contributed by atoms with E-state index in [1.54, 1.807) is 7.11 Å². The van der Waals surface area contributed by atoms with Crippen molar-refractivity contribution < 1.29 is 9.53 Å². The van der Waals surface area contributed by atoms with Crippen LogP contribution in [0.3, 0.4) is 0 Å². The molecular formula is C20H26N2O2. The minimum Gasteiger partial charge on any atom is -0.497 e. The van der Waals surface area contributed by atoms with E-state index in [2.05, 4.69) is 37.5 Å². The highest BCUT2D eigenvalue weighted by molar-refractivity contribution is 5.91. The second-order valence-electron chi connectivity index (χ2n) is 6.91. The van der Waals surface area contributed by atoms with E-state index < -0.39 is 0 Å². The number of anilines is 1. The third-order valence-corrected chi connectivity index (χ3v) is 3.91. The zero-order valence-electron chi connectivity index (χ0n) is 15.1. The fraction of sp³-hybridized carbons (Fsp3) is 0.350. The highest BCUT2D eigenvalue weighted by atomic mass is 16.5. The smallest absolute Gasteiger partial charge is 0.319 e. The number of carbonyl (C=O) groups is 1. The van der Waals surface area contributed by atoms with E-state index in [9.17, 15) is 4.79 Å². The maximum Gasteiger partial charge on any atom is 0.319 e. The summed E-state index contributed by atoms with van der Waals surface area (Å²) >= 11 is 0. The van der Waals surface area contributed by atoms with Crippen molar-refractivity contribution in [3.63, 3.8) is 0 Å². The lowest BCUT2D eigenvalue weighted by Gasteiger charge is -2.24. The molecule has 2 rings (SSSR count). The quantitative estimate of drug-likeness (QED) is 0.861. The lowest BCUT2D eigenvalue weighted by atomic mass is 9.84. The molecule has 0 fully saturated rings. The van der Waals surface area contributed by atoms with Crippen LogP contribution in [0.15, 0.2) is 42.5 Å². The number of aryl methyl sites for hydroxylation is 1. The van der Waals surface area contributed by atoms with Crippen molar-refractivity contribution in [1.29, 1.82) is 0 Å². The minimum atomic E-state index is -0.211. The summed E-state index contributed by atoms with van der Waals surface area (Å²) < 4.78 is 5.20. The third-order valence-electron chi connectivity index (χ3n) is 3.91. The third kappa shape index (κ3) is 4.51. The molecule has 0 radical (unpaired) electrons. The SMILES string of the molecule is COc1cccc(CNC(=O)Nc2c(C)cccc2C(C)(C)C)c1. The molecule has 0 aliphatic heterocycles. The zero-order chi connectivity index (χ0) is 17.7. The number of benzene rings is 2. The number of hydrogen-bond acceptors (Lipinski definition) is 2. The van der Waals surface area contributed by atoms with Gasteiger partial charge in [-0.1, -0.05) is 51.1 Å². The Labute approximate surface area is 144 Å². The lowest BCUT2D eigenvalue weighted by Crippen LogP contribution is -2.30. The molecular weight excluding hydrogens is 300 g/mol. The highest BCUT2D eigenvalue weighted by Gasteiger charge is 2.20. The van der Waals surface area contributed by atoms with Crippen LogP contribution in [-0.2, 0) is 12.0 Å². The predicted octanol–water partition coefficient (Wildman–Crippen LogP) is 4.62. The maximum absolute atomic E-state index is 12.3. The molecule has 0 bridgehead atoms. The number of para-hydroxylation sites is 1. The fourth-order valence-electron chi connectivity index (χ4n) is 2.58. The molecule has 4 heteroatoms. The molecule has 0 unspecified atom stereocenters. The van der Waals surface area contributed by atoms with Crippen molar-refractivity contribution in [2.75, 3.05) is 12.4 Å². The Hall–Kier alpha value is -2.49. The number of nitrogens with one attached hydrogen (secondary N) is 2. The van der Waals surface area contributed by atoms with Gasteiger partial charge in [0.15, 0.2) is 0 Å². The maximum atomic E-state index is 12.3. The van der Waals surface area contributed by atoms with Gasteiger partial charge in [0.05, 0.1) is 7.11 Å². The Balaban J connectivity index is 2.07. The Morgan fingerprint density at radius 3 is 2.50 bits per heavy atom. The molecule has 2 N–H and O–H groups in total. The van der Waals surface area contributed by atoms with Gasteiger partial charge in [0.2, 0.25) is 0 Å². The number of amides is 2. The molecule has 2 amide bonds. The van der Waals surface area contributed by atoms with Crippen LogP contribution in [0, 0.1) is 6.92 Å². The summed E-state index contributed by atoms with van der Waals surface area (Å²) in [4.78, 5) is 12.3. The van der Waals surface area contributed by atoms with Crippen LogP contribution in [0.25, 0.3) is 0 Å². The van der Waals surface area contributed by atoms with Crippen molar-refractivity contribution in [2.24, 2.45) is 0 Å². The molecule has 0 spiro atoms. The molecule has 0 saturated carbocycles. The lowest BCUT2D eigenvalue weighted by molar-refractivity contribution is 0.251. The summed E-state index contributed by atoms with van der Waals surface area (Å²) in [6, 6.07) is 13.5. The Morgan fingerprint density at radius 1 is 1.12 bits per heavy atom. The second kappa shape index (κ2) is 7.39. The Morgan fingerprint density at radius 2 is 1.83 bits per heavy atom. The van der Waals surface area contributed by atoms with Gasteiger partial charge in [0.25, 0.3) is 0 Å². The van der Waals surface area contributed by atoms with Gasteiger partial charge in [-0.3, -0.25) is 0 Å². The minimum absolute atomic E-state index is 0.0402. The number of ether oxygens (including phenoxy) is 1. The predicted molar refractivity (Wildman–Crippen MR) is 98.7 cm³/mol. The summed E-state index contributed by atoms with van der Waals surface area (Å²) in [6.07, 6.45) is 0. The summed E-state index contributed by atoms with van der Waals surface area (Å²) in [7, 11) is 1.63. The van der Waals surface area contributed by atoms with Crippen molar-refractivity contribution in [2.45, 2.75) is 39.7 Å². The number of rotatable bonds is 4. The molecule has 0 aliphatic carbocycles. The number of hydrogen-bond donors (Lipinski definition) is 2. The average Bonchev–Trinajstić information content (AvgIpc) is 2.54. The summed E-state index contributed by atoms with van der Waals surface area (Å²) in [5.41, 5.74) is 4.01. The van der Waals surface area contributed by atoms with Gasteiger partial charge in [0.1, 0.15) is 5.75 Å². The molecule has 0 saturated heterocycles. The Bertz CT molecular complexity index is 718. The summed E-state index contributed by atoms with van der Waals surface area (Å²) in [5, 5.41) is 5.90. The van der Waals surface area contributed by atoms with Crippen LogP contribution >= 0.6 is 0 Å². The highest BCUT2D eigenvalue weighted by Crippen LogP contribution is 2.31. The largest absolute Gasteiger partial charge is 0.497 e. The normalized spacial score (nSPS) is 11.0. The molecule has 4 nitrogen and oxygen atoms in total. The van der Waals surface area contributed by atoms with E-state index in [1.807, 2.05) is 43.3 Å². The molecule has 0 aliphatic rings. The molecule has 128 valence electrons. The average molecular weight is 326 g/mol. The van der Waals surface area contributed by atoms with Crippen LogP contribution < -0.4 is 15.4 Å². The van der Waals surface area contributed by atoms with E-state index >= 15 is 0 Å². The van der Waals surface area contributed by atoms with Crippen molar-refractivity contribution in [3.05, 3.63) is 59.2 Å². The van der Waals surface area contributed by atoms with Crippen molar-refractivity contribution >= 4 is 11.7 Å². The first-order valence-electron chi connectivity index (χ1n) is 8.09. The first-order valence-corrected chi connectivity index (χ1v) is 8.09. The standard InChI is InChI=1S/C20H26N2O2/c1-14-8-6-11-17(20(2,3)4)18(14)22-19(23)21-13-15-9-7-10-16(12-15)24-5/h6-12H,13H2,1-5H3,(H2,21,22,23). The van der Waals surface area contributed by atoms with Gasteiger partial charge in [-0.15, -0.1) is 0 Å². The van der Waals surface area contributed by atoms with Crippen LogP contribution in [0.2, 0.25) is 0 Å². The number of carbonyl (C=O) groups excluding carboxylic acids is 1. The van der Waals surface area contributed by atoms with Gasteiger partial charge in [-0.05, 0) is 41.2 Å². The van der Waals surface area contributed by atoms with Crippen LogP contribution in [0.4, 0.5) is 10.5 Å². The molecule has 24 heavy (non-hydrogen) atoms. The second-order valence-corrected chi connectivity index (χ2v) is 6.91. The molecule has 0 aromatic heterocycles. The number of urea groups is 1. The van der Waals surface area contributed by atoms with E-state index in [0.717, 1.165) is 28.1 Å². The molecule has 0 atom stereocenters. The van der Waals surface area contributed by atoms with E-state index in [4.69, 9.17) is 4.74 Å². The topological polar surface area (TPSA) is 50.4 Å². The first-order chi connectivity index (χ1) is 11.3. The first kappa shape index (κ1) is 17.9. The van der Waals surface area contributed by atoms with Crippen LogP contribution in [0.5, 0.6) is 5.75 Å². The molecule has 2 aromatic carbocycles. The van der Waals surface area contributed by atoms with Crippen molar-refractivity contribution in [1.82, 2.24) is 5.32 Å². The number of methoxy groups -OCH3 is 1. The molecule has 0 heterocycles. The van der Waals surface area contributed by atoms with Crippen molar-refractivity contribution in [3.8, 4) is 5.75 Å². The van der Waals surface area contributed by atoms with E-state index in [1.165, 1.54) is 0 Å². The monoisotopic (exact) mass is 326 g/mol. The van der Waals surface area contributed by atoms with Gasteiger partial charge in [0, 0.05) is 12.2 Å². The molecule has 2 aromatic rings. The van der Waals surface area contributed by atoms with Crippen LogP contribution in [0.1, 0.15) is 37.5 Å². The van der Waals surface area contributed by atoms with Crippen LogP contribution in [-0.4, -0.2) is 13.1 Å². The summed E-state index contributed by atoms with van der Waals surface area (Å²) in [5.74, 6) is 0.781. The Kier molecular flexibility index (Phi) is 5.50. The van der Waals surface area contributed by atoms with Gasteiger partial charge >= 0.3 is 6.03 Å². The van der Waals surface area contributed by atoms with Gasteiger partial charge < -0.3 is 15.4 Å². The van der Waals surface area contributed by atoms with Gasteiger partial charge in [-0.2, -0.15) is 0 Å². The van der Waals surface area contributed by atoms with E-state index in [-0.39, 0.29) is 11.4 Å². The fourth-order valence-corrected chi connectivity index (χ4v) is 2.58. The summed E-state index contributed by atoms with van der Waals surface area (Å²) in [6.45, 7) is 8.87. The van der Waals surface area contributed by atoms with Gasteiger partial charge in [-0.25, -0.2) is 4.79 Å². The van der Waals surface area contributed by atoms with E-state index in [0.29, 0.717) is 6.54 Å². The zero-order valence-corrected chi connectivity index (χ0v) is 15.1.